The highest BCUT2D eigenvalue weighted by atomic mass is 16.2. The van der Waals surface area contributed by atoms with Crippen LogP contribution in [0.2, 0.25) is 0 Å². The Labute approximate surface area is 219 Å². The zero-order valence-corrected chi connectivity index (χ0v) is 22.2. The van der Waals surface area contributed by atoms with Crippen LogP contribution in [0.5, 0.6) is 0 Å². The first kappa shape index (κ1) is 26.3. The number of nitrogens with zero attached hydrogens (tertiary/aromatic N) is 3. The van der Waals surface area contributed by atoms with Crippen molar-refractivity contribution in [3.63, 3.8) is 0 Å². The van der Waals surface area contributed by atoms with E-state index in [2.05, 4.69) is 19.1 Å². The van der Waals surface area contributed by atoms with Crippen molar-refractivity contribution in [3.8, 4) is 5.69 Å². The fraction of sp³-hybridized carbons (Fsp3) is 0.344. The number of hydrogen-bond donors (Lipinski definition) is 0. The SMILES string of the molecule is CCCCCCC(=O)N(CCc1ccccc1)C(C)c1nc2ccccc2c(=O)n1-c1cccc(C)c1. The lowest BCUT2D eigenvalue weighted by Gasteiger charge is -2.31. The lowest BCUT2D eigenvalue weighted by atomic mass is 10.1. The minimum atomic E-state index is -0.375. The van der Waals surface area contributed by atoms with Gasteiger partial charge in [-0.2, -0.15) is 0 Å². The summed E-state index contributed by atoms with van der Waals surface area (Å²) in [7, 11) is 0. The average Bonchev–Trinajstić information content (AvgIpc) is 2.91. The number of amides is 1. The quantitative estimate of drug-likeness (QED) is 0.215. The maximum Gasteiger partial charge on any atom is 0.266 e. The Kier molecular flexibility index (Phi) is 8.89. The summed E-state index contributed by atoms with van der Waals surface area (Å²) >= 11 is 0. The molecule has 1 heterocycles. The van der Waals surface area contributed by atoms with E-state index in [-0.39, 0.29) is 17.5 Å². The predicted molar refractivity (Wildman–Crippen MR) is 151 cm³/mol. The van der Waals surface area contributed by atoms with E-state index in [1.807, 2.05) is 85.5 Å². The summed E-state index contributed by atoms with van der Waals surface area (Å²) in [5.74, 6) is 0.696. The second kappa shape index (κ2) is 12.5. The van der Waals surface area contributed by atoms with Crippen molar-refractivity contribution in [2.24, 2.45) is 0 Å². The number of benzene rings is 3. The Hall–Kier alpha value is -3.73. The van der Waals surface area contributed by atoms with Gasteiger partial charge in [0.05, 0.1) is 22.6 Å². The second-order valence-corrected chi connectivity index (χ2v) is 9.78. The zero-order valence-electron chi connectivity index (χ0n) is 22.2. The van der Waals surface area contributed by atoms with Gasteiger partial charge in [0.1, 0.15) is 5.82 Å². The molecule has 37 heavy (non-hydrogen) atoms. The number of fused-ring (bicyclic) bond motifs is 1. The van der Waals surface area contributed by atoms with Gasteiger partial charge in [-0.3, -0.25) is 14.2 Å². The van der Waals surface area contributed by atoms with E-state index in [4.69, 9.17) is 4.98 Å². The molecule has 0 aliphatic rings. The van der Waals surface area contributed by atoms with Crippen LogP contribution in [0.3, 0.4) is 0 Å². The van der Waals surface area contributed by atoms with Gasteiger partial charge in [0.25, 0.3) is 5.56 Å². The maximum atomic E-state index is 13.8. The van der Waals surface area contributed by atoms with Crippen LogP contribution in [0.1, 0.15) is 68.9 Å². The van der Waals surface area contributed by atoms with Crippen molar-refractivity contribution < 1.29 is 4.79 Å². The van der Waals surface area contributed by atoms with Gasteiger partial charge in [-0.1, -0.05) is 80.8 Å². The molecule has 0 fully saturated rings. The van der Waals surface area contributed by atoms with Gasteiger partial charge in [-0.15, -0.1) is 0 Å². The number of aryl methyl sites for hydroxylation is 1. The Morgan fingerprint density at radius 3 is 2.46 bits per heavy atom. The molecule has 0 saturated carbocycles. The van der Waals surface area contributed by atoms with Crippen LogP contribution in [0.4, 0.5) is 0 Å². The fourth-order valence-corrected chi connectivity index (χ4v) is 4.86. The molecule has 0 aliphatic carbocycles. The number of carbonyl (C=O) groups is 1. The highest BCUT2D eigenvalue weighted by molar-refractivity contribution is 5.79. The van der Waals surface area contributed by atoms with Gasteiger partial charge >= 0.3 is 0 Å². The van der Waals surface area contributed by atoms with Crippen LogP contribution < -0.4 is 5.56 Å². The molecule has 0 saturated heterocycles. The van der Waals surface area contributed by atoms with Crippen LogP contribution in [-0.2, 0) is 11.2 Å². The first-order valence-electron chi connectivity index (χ1n) is 13.4. The molecule has 0 aliphatic heterocycles. The normalized spacial score (nSPS) is 12.0. The summed E-state index contributed by atoms with van der Waals surface area (Å²) in [4.78, 5) is 34.3. The van der Waals surface area contributed by atoms with Crippen LogP contribution in [0.25, 0.3) is 16.6 Å². The fourth-order valence-electron chi connectivity index (χ4n) is 4.86. The third-order valence-corrected chi connectivity index (χ3v) is 6.95. The third kappa shape index (κ3) is 6.34. The minimum absolute atomic E-state index is 0.109. The summed E-state index contributed by atoms with van der Waals surface area (Å²) in [5, 5.41) is 0.571. The third-order valence-electron chi connectivity index (χ3n) is 6.95. The van der Waals surface area contributed by atoms with Crippen LogP contribution in [-0.4, -0.2) is 26.9 Å². The number of carbonyl (C=O) groups excluding carboxylic acids is 1. The summed E-state index contributed by atoms with van der Waals surface area (Å²) in [6.07, 6.45) is 5.43. The lowest BCUT2D eigenvalue weighted by Crippen LogP contribution is -2.38. The molecule has 0 N–H and O–H groups in total. The van der Waals surface area contributed by atoms with Gasteiger partial charge in [-0.25, -0.2) is 4.98 Å². The lowest BCUT2D eigenvalue weighted by molar-refractivity contribution is -0.133. The van der Waals surface area contributed by atoms with Crippen molar-refractivity contribution >= 4 is 16.8 Å². The number of hydrogen-bond acceptors (Lipinski definition) is 3. The van der Waals surface area contributed by atoms with E-state index >= 15 is 0 Å². The van der Waals surface area contributed by atoms with Crippen molar-refractivity contribution in [1.29, 1.82) is 0 Å². The summed E-state index contributed by atoms with van der Waals surface area (Å²) in [6.45, 7) is 6.75. The molecule has 3 aromatic carbocycles. The molecule has 1 unspecified atom stereocenters. The molecule has 192 valence electrons. The number of para-hydroxylation sites is 1. The predicted octanol–water partition coefficient (Wildman–Crippen LogP) is 6.80. The number of unbranched alkanes of at least 4 members (excludes halogenated alkanes) is 3. The van der Waals surface area contributed by atoms with Crippen molar-refractivity contribution in [2.75, 3.05) is 6.54 Å². The Bertz CT molecular complexity index is 1390. The van der Waals surface area contributed by atoms with E-state index in [1.165, 1.54) is 5.56 Å². The van der Waals surface area contributed by atoms with Crippen molar-refractivity contribution in [3.05, 3.63) is 106 Å². The Balaban J connectivity index is 1.77. The summed E-state index contributed by atoms with van der Waals surface area (Å²) in [6, 6.07) is 25.2. The first-order valence-corrected chi connectivity index (χ1v) is 13.4. The highest BCUT2D eigenvalue weighted by Crippen LogP contribution is 2.25. The highest BCUT2D eigenvalue weighted by Gasteiger charge is 2.26. The monoisotopic (exact) mass is 495 g/mol. The Morgan fingerprint density at radius 1 is 0.946 bits per heavy atom. The van der Waals surface area contributed by atoms with Gasteiger partial charge in [0.2, 0.25) is 5.91 Å². The van der Waals surface area contributed by atoms with Crippen LogP contribution in [0.15, 0.2) is 83.7 Å². The smallest absolute Gasteiger partial charge is 0.266 e. The van der Waals surface area contributed by atoms with Gasteiger partial charge in [0.15, 0.2) is 0 Å². The largest absolute Gasteiger partial charge is 0.332 e. The van der Waals surface area contributed by atoms with Gasteiger partial charge in [0, 0.05) is 13.0 Å². The molecule has 4 aromatic rings. The average molecular weight is 496 g/mol. The molecule has 0 bridgehead atoms. The molecule has 0 radical (unpaired) electrons. The van der Waals surface area contributed by atoms with E-state index in [1.54, 1.807) is 4.57 Å². The number of rotatable bonds is 11. The molecule has 5 nitrogen and oxygen atoms in total. The summed E-state index contributed by atoms with van der Waals surface area (Å²) in [5.41, 5.74) is 3.54. The van der Waals surface area contributed by atoms with E-state index in [0.717, 1.165) is 43.4 Å². The molecule has 4 rings (SSSR count). The van der Waals surface area contributed by atoms with E-state index < -0.39 is 0 Å². The van der Waals surface area contributed by atoms with E-state index in [9.17, 15) is 9.59 Å². The number of aromatic nitrogens is 2. The Morgan fingerprint density at radius 2 is 1.70 bits per heavy atom. The van der Waals surface area contributed by atoms with Crippen LogP contribution >= 0.6 is 0 Å². The maximum absolute atomic E-state index is 13.8. The second-order valence-electron chi connectivity index (χ2n) is 9.78. The molecule has 1 aromatic heterocycles. The zero-order chi connectivity index (χ0) is 26.2. The molecular formula is C32H37N3O2. The van der Waals surface area contributed by atoms with Crippen molar-refractivity contribution in [2.45, 2.75) is 65.3 Å². The van der Waals surface area contributed by atoms with E-state index in [0.29, 0.717) is 29.7 Å². The molecular weight excluding hydrogens is 458 g/mol. The van der Waals surface area contributed by atoms with Gasteiger partial charge < -0.3 is 4.90 Å². The van der Waals surface area contributed by atoms with Crippen LogP contribution in [0, 0.1) is 6.92 Å². The molecule has 1 atom stereocenters. The topological polar surface area (TPSA) is 55.2 Å². The standard InChI is InChI=1S/C32H37N3O2/c1-4-5-6-10-20-30(36)34(22-21-26-15-8-7-9-16-26)25(3)31-33-29-19-12-11-18-28(29)32(37)35(31)27-17-13-14-24(2)23-27/h7-9,11-19,23,25H,4-6,10,20-22H2,1-3H3. The van der Waals surface area contributed by atoms with Gasteiger partial charge in [-0.05, 0) is 62.1 Å². The van der Waals surface area contributed by atoms with Crippen molar-refractivity contribution in [1.82, 2.24) is 14.5 Å². The minimum Gasteiger partial charge on any atom is -0.332 e. The molecule has 5 heteroatoms. The molecule has 0 spiro atoms. The summed E-state index contributed by atoms with van der Waals surface area (Å²) < 4.78 is 1.69. The molecule has 1 amide bonds. The first-order chi connectivity index (χ1) is 18.0.